The molecule has 1 aliphatic rings. The Morgan fingerprint density at radius 2 is 1.57 bits per heavy atom. The monoisotopic (exact) mass is 408 g/mol. The Kier molecular flexibility index (Phi) is 7.00. The van der Waals surface area contributed by atoms with E-state index in [1.165, 1.54) is 11.1 Å². The molecule has 3 aromatic rings. The second-order valence-corrected chi connectivity index (χ2v) is 7.88. The van der Waals surface area contributed by atoms with Crippen LogP contribution in [0.5, 0.6) is 5.75 Å². The highest BCUT2D eigenvalue weighted by Crippen LogP contribution is 2.16. The van der Waals surface area contributed by atoms with E-state index >= 15 is 0 Å². The van der Waals surface area contributed by atoms with Crippen LogP contribution in [0.1, 0.15) is 11.4 Å². The average molecular weight is 409 g/mol. The van der Waals surface area contributed by atoms with Crippen molar-refractivity contribution in [1.82, 2.24) is 19.4 Å². The van der Waals surface area contributed by atoms with Gasteiger partial charge in [-0.25, -0.2) is 4.98 Å². The third-order valence-electron chi connectivity index (χ3n) is 5.89. The predicted octanol–water partition coefficient (Wildman–Crippen LogP) is 3.19. The number of ether oxygens (including phenoxy) is 2. The molecule has 6 nitrogen and oxygen atoms in total. The number of hydrogen-bond acceptors (Lipinski definition) is 5. The fourth-order valence-electron chi connectivity index (χ4n) is 4.09. The second kappa shape index (κ2) is 10.1. The minimum absolute atomic E-state index is 0.721. The minimum atomic E-state index is 0.721. The van der Waals surface area contributed by atoms with Gasteiger partial charge in [0.25, 0.3) is 0 Å². The highest BCUT2D eigenvalue weighted by atomic mass is 16.5. The summed E-state index contributed by atoms with van der Waals surface area (Å²) in [6.45, 7) is 10.8. The van der Waals surface area contributed by atoms with Crippen molar-refractivity contribution in [1.29, 1.82) is 0 Å². The minimum Gasteiger partial charge on any atom is -0.497 e. The van der Waals surface area contributed by atoms with Gasteiger partial charge < -0.3 is 14.0 Å². The maximum absolute atomic E-state index is 5.94. The topological polar surface area (TPSA) is 42.8 Å². The summed E-state index contributed by atoms with van der Waals surface area (Å²) >= 11 is 0. The number of hydrogen-bond donors (Lipinski definition) is 0. The van der Waals surface area contributed by atoms with Gasteiger partial charge in [0.1, 0.15) is 11.6 Å². The number of piperazine rings is 1. The SMILES string of the molecule is COc1ccc(CN2CCN(CCOCCn3c(C)nc4ccccc43)CC2)cc1. The van der Waals surface area contributed by atoms with E-state index in [0.29, 0.717) is 0 Å². The zero-order chi connectivity index (χ0) is 20.8. The summed E-state index contributed by atoms with van der Waals surface area (Å²) in [5, 5.41) is 0. The highest BCUT2D eigenvalue weighted by molar-refractivity contribution is 5.75. The molecule has 1 aromatic heterocycles. The molecule has 0 saturated carbocycles. The standard InChI is InChI=1S/C24H32N4O2/c1-20-25-23-5-3-4-6-24(23)28(20)16-18-30-17-15-26-11-13-27(14-12-26)19-21-7-9-22(29-2)10-8-21/h3-10H,11-19H2,1-2H3. The molecular formula is C24H32N4O2. The molecule has 2 aromatic carbocycles. The summed E-state index contributed by atoms with van der Waals surface area (Å²) in [4.78, 5) is 9.64. The van der Waals surface area contributed by atoms with Gasteiger partial charge in [-0.2, -0.15) is 0 Å². The molecule has 1 saturated heterocycles. The van der Waals surface area contributed by atoms with Crippen molar-refractivity contribution in [2.24, 2.45) is 0 Å². The van der Waals surface area contributed by atoms with Crippen LogP contribution in [0.2, 0.25) is 0 Å². The predicted molar refractivity (Wildman–Crippen MR) is 120 cm³/mol. The van der Waals surface area contributed by atoms with Gasteiger partial charge in [0.2, 0.25) is 0 Å². The second-order valence-electron chi connectivity index (χ2n) is 7.88. The average Bonchev–Trinajstić information content (AvgIpc) is 3.10. The quantitative estimate of drug-likeness (QED) is 0.509. The summed E-state index contributed by atoms with van der Waals surface area (Å²) in [6, 6.07) is 16.7. The number of rotatable bonds is 9. The summed E-state index contributed by atoms with van der Waals surface area (Å²) in [5.41, 5.74) is 3.59. The molecule has 0 atom stereocenters. The van der Waals surface area contributed by atoms with Crippen LogP contribution in [-0.2, 0) is 17.8 Å². The molecule has 160 valence electrons. The van der Waals surface area contributed by atoms with E-state index in [0.717, 1.165) is 76.1 Å². The van der Waals surface area contributed by atoms with Crippen LogP contribution in [0.15, 0.2) is 48.5 Å². The van der Waals surface area contributed by atoms with Crippen molar-refractivity contribution < 1.29 is 9.47 Å². The van der Waals surface area contributed by atoms with E-state index in [1.807, 2.05) is 18.2 Å². The van der Waals surface area contributed by atoms with Gasteiger partial charge in [-0.05, 0) is 36.8 Å². The van der Waals surface area contributed by atoms with Crippen molar-refractivity contribution in [3.05, 3.63) is 59.9 Å². The number of nitrogens with zero attached hydrogens (tertiary/aromatic N) is 4. The third kappa shape index (κ3) is 5.19. The van der Waals surface area contributed by atoms with Crippen molar-refractivity contribution in [2.75, 3.05) is 53.0 Å². The summed E-state index contributed by atoms with van der Waals surface area (Å²) < 4.78 is 13.4. The molecule has 1 fully saturated rings. The largest absolute Gasteiger partial charge is 0.497 e. The summed E-state index contributed by atoms with van der Waals surface area (Å²) in [5.74, 6) is 1.97. The lowest BCUT2D eigenvalue weighted by Crippen LogP contribution is -2.46. The Morgan fingerprint density at radius 3 is 2.33 bits per heavy atom. The lowest BCUT2D eigenvalue weighted by atomic mass is 10.2. The molecule has 0 unspecified atom stereocenters. The number of fused-ring (bicyclic) bond motifs is 1. The zero-order valence-electron chi connectivity index (χ0n) is 18.1. The first-order valence-electron chi connectivity index (χ1n) is 10.8. The number of benzene rings is 2. The van der Waals surface area contributed by atoms with E-state index in [2.05, 4.69) is 56.6 Å². The van der Waals surface area contributed by atoms with Gasteiger partial charge >= 0.3 is 0 Å². The molecule has 0 radical (unpaired) electrons. The van der Waals surface area contributed by atoms with E-state index in [9.17, 15) is 0 Å². The van der Waals surface area contributed by atoms with E-state index < -0.39 is 0 Å². The number of imidazole rings is 1. The first-order chi connectivity index (χ1) is 14.7. The first-order valence-corrected chi connectivity index (χ1v) is 10.8. The fourth-order valence-corrected chi connectivity index (χ4v) is 4.09. The Morgan fingerprint density at radius 1 is 0.867 bits per heavy atom. The first kappa shape index (κ1) is 20.8. The Hall–Kier alpha value is -2.41. The molecule has 0 spiro atoms. The van der Waals surface area contributed by atoms with Gasteiger partial charge in [0.05, 0.1) is 31.4 Å². The molecule has 0 amide bonds. The van der Waals surface area contributed by atoms with Crippen molar-refractivity contribution in [2.45, 2.75) is 20.0 Å². The van der Waals surface area contributed by atoms with Gasteiger partial charge in [0.15, 0.2) is 0 Å². The zero-order valence-corrected chi connectivity index (χ0v) is 18.1. The van der Waals surface area contributed by atoms with E-state index in [1.54, 1.807) is 7.11 Å². The molecule has 6 heteroatoms. The molecule has 0 aliphatic carbocycles. The fraction of sp³-hybridized carbons (Fsp3) is 0.458. The molecule has 0 N–H and O–H groups in total. The number of aryl methyl sites for hydroxylation is 1. The van der Waals surface area contributed by atoms with E-state index in [-0.39, 0.29) is 0 Å². The Bertz CT molecular complexity index is 930. The van der Waals surface area contributed by atoms with E-state index in [4.69, 9.17) is 9.47 Å². The highest BCUT2D eigenvalue weighted by Gasteiger charge is 2.16. The van der Waals surface area contributed by atoms with Crippen LogP contribution in [0.4, 0.5) is 0 Å². The lowest BCUT2D eigenvalue weighted by Gasteiger charge is -2.34. The van der Waals surface area contributed by atoms with Gasteiger partial charge in [-0.1, -0.05) is 24.3 Å². The maximum Gasteiger partial charge on any atom is 0.118 e. The third-order valence-corrected chi connectivity index (χ3v) is 5.89. The molecule has 2 heterocycles. The molecule has 4 rings (SSSR count). The molecule has 0 bridgehead atoms. The van der Waals surface area contributed by atoms with Crippen LogP contribution >= 0.6 is 0 Å². The van der Waals surface area contributed by atoms with Gasteiger partial charge in [-0.3, -0.25) is 9.80 Å². The number of para-hydroxylation sites is 2. The van der Waals surface area contributed by atoms with Crippen LogP contribution in [0, 0.1) is 6.92 Å². The number of aromatic nitrogens is 2. The number of methoxy groups -OCH3 is 1. The molecule has 1 aliphatic heterocycles. The normalized spacial score (nSPS) is 15.7. The molecular weight excluding hydrogens is 376 g/mol. The summed E-state index contributed by atoms with van der Waals surface area (Å²) in [7, 11) is 1.71. The smallest absolute Gasteiger partial charge is 0.118 e. The van der Waals surface area contributed by atoms with Crippen LogP contribution in [0.25, 0.3) is 11.0 Å². The van der Waals surface area contributed by atoms with Crippen LogP contribution in [-0.4, -0.2) is 72.4 Å². The molecule has 30 heavy (non-hydrogen) atoms. The van der Waals surface area contributed by atoms with Crippen molar-refractivity contribution >= 4 is 11.0 Å². The Balaban J connectivity index is 1.13. The summed E-state index contributed by atoms with van der Waals surface area (Å²) in [6.07, 6.45) is 0. The van der Waals surface area contributed by atoms with Crippen LogP contribution < -0.4 is 4.74 Å². The van der Waals surface area contributed by atoms with Gasteiger partial charge in [0, 0.05) is 45.8 Å². The lowest BCUT2D eigenvalue weighted by molar-refractivity contribution is 0.0706. The maximum atomic E-state index is 5.94. The van der Waals surface area contributed by atoms with Crippen molar-refractivity contribution in [3.8, 4) is 5.75 Å². The van der Waals surface area contributed by atoms with Gasteiger partial charge in [-0.15, -0.1) is 0 Å². The van der Waals surface area contributed by atoms with Crippen LogP contribution in [0.3, 0.4) is 0 Å². The van der Waals surface area contributed by atoms with Crippen molar-refractivity contribution in [3.63, 3.8) is 0 Å². The Labute approximate surface area is 179 Å².